The Labute approximate surface area is 152 Å². The molecular formula is C19H20ClN5. The molecule has 0 N–H and O–H groups in total. The second kappa shape index (κ2) is 6.84. The standard InChI is InChI=1S/C19H20ClN5/c1-14-19(25-13-15(20)5-10-18(25)21-14)23-22-16-6-8-17(9-7-16)24-11-3-2-4-12-24/h5-10,13H,2-4,11-12H2,1H3. The molecule has 2 aromatic heterocycles. The van der Waals surface area contributed by atoms with Crippen LogP contribution in [-0.4, -0.2) is 22.5 Å². The van der Waals surface area contributed by atoms with Crippen LogP contribution in [0.4, 0.5) is 17.2 Å². The van der Waals surface area contributed by atoms with Crippen LogP contribution >= 0.6 is 11.6 Å². The molecule has 1 aliphatic rings. The van der Waals surface area contributed by atoms with Crippen LogP contribution in [0.2, 0.25) is 5.02 Å². The van der Waals surface area contributed by atoms with Gasteiger partial charge in [0, 0.05) is 25.0 Å². The highest BCUT2D eigenvalue weighted by molar-refractivity contribution is 6.30. The highest BCUT2D eigenvalue weighted by Gasteiger charge is 2.11. The Balaban J connectivity index is 1.57. The second-order valence-electron chi connectivity index (χ2n) is 6.36. The van der Waals surface area contributed by atoms with Crippen LogP contribution in [0, 0.1) is 6.92 Å². The molecule has 0 amide bonds. The molecule has 1 aliphatic heterocycles. The van der Waals surface area contributed by atoms with Gasteiger partial charge in [-0.3, -0.25) is 4.40 Å². The number of fused-ring (bicyclic) bond motifs is 1. The van der Waals surface area contributed by atoms with Crippen LogP contribution in [0.3, 0.4) is 0 Å². The number of nitrogens with zero attached hydrogens (tertiary/aromatic N) is 5. The molecule has 1 saturated heterocycles. The summed E-state index contributed by atoms with van der Waals surface area (Å²) >= 11 is 6.08. The minimum Gasteiger partial charge on any atom is -0.372 e. The van der Waals surface area contributed by atoms with Crippen molar-refractivity contribution in [3.05, 3.63) is 53.3 Å². The Morgan fingerprint density at radius 1 is 0.960 bits per heavy atom. The number of imidazole rings is 1. The van der Waals surface area contributed by atoms with Gasteiger partial charge in [-0.15, -0.1) is 10.2 Å². The number of azo groups is 1. The van der Waals surface area contributed by atoms with Crippen molar-refractivity contribution in [1.29, 1.82) is 0 Å². The number of pyridine rings is 1. The van der Waals surface area contributed by atoms with E-state index in [1.807, 2.05) is 41.8 Å². The molecule has 0 unspecified atom stereocenters. The van der Waals surface area contributed by atoms with Gasteiger partial charge in [-0.2, -0.15) is 0 Å². The molecule has 0 radical (unpaired) electrons. The van der Waals surface area contributed by atoms with Crippen molar-refractivity contribution in [3.63, 3.8) is 0 Å². The lowest BCUT2D eigenvalue weighted by atomic mass is 10.1. The van der Waals surface area contributed by atoms with E-state index in [9.17, 15) is 0 Å². The van der Waals surface area contributed by atoms with E-state index in [0.717, 1.165) is 30.1 Å². The summed E-state index contributed by atoms with van der Waals surface area (Å²) in [7, 11) is 0. The van der Waals surface area contributed by atoms with Gasteiger partial charge in [-0.25, -0.2) is 4.98 Å². The molecule has 1 fully saturated rings. The van der Waals surface area contributed by atoms with Gasteiger partial charge in [0.1, 0.15) is 5.65 Å². The van der Waals surface area contributed by atoms with Crippen LogP contribution in [-0.2, 0) is 0 Å². The molecule has 0 atom stereocenters. The predicted molar refractivity (Wildman–Crippen MR) is 102 cm³/mol. The Kier molecular flexibility index (Phi) is 4.40. The van der Waals surface area contributed by atoms with Crippen molar-refractivity contribution in [2.75, 3.05) is 18.0 Å². The number of rotatable bonds is 3. The Morgan fingerprint density at radius 3 is 2.48 bits per heavy atom. The number of halogens is 1. The third-order valence-electron chi connectivity index (χ3n) is 4.56. The molecule has 128 valence electrons. The monoisotopic (exact) mass is 353 g/mol. The van der Waals surface area contributed by atoms with Gasteiger partial charge in [-0.1, -0.05) is 11.6 Å². The van der Waals surface area contributed by atoms with Gasteiger partial charge in [-0.05, 0) is 62.6 Å². The van der Waals surface area contributed by atoms with E-state index in [1.165, 1.54) is 24.9 Å². The quantitative estimate of drug-likeness (QED) is 0.567. The van der Waals surface area contributed by atoms with Crippen LogP contribution in [0.5, 0.6) is 0 Å². The molecule has 3 aromatic rings. The fourth-order valence-electron chi connectivity index (χ4n) is 3.23. The minimum atomic E-state index is 0.646. The molecule has 25 heavy (non-hydrogen) atoms. The number of anilines is 1. The Bertz CT molecular complexity index is 907. The summed E-state index contributed by atoms with van der Waals surface area (Å²) in [5.74, 6) is 0.706. The smallest absolute Gasteiger partial charge is 0.182 e. The number of piperidine rings is 1. The second-order valence-corrected chi connectivity index (χ2v) is 6.80. The molecule has 0 saturated carbocycles. The predicted octanol–water partition coefficient (Wildman–Crippen LogP) is 5.70. The number of benzene rings is 1. The van der Waals surface area contributed by atoms with E-state index in [1.54, 1.807) is 0 Å². The average molecular weight is 354 g/mol. The van der Waals surface area contributed by atoms with Crippen LogP contribution < -0.4 is 4.90 Å². The fourth-order valence-corrected chi connectivity index (χ4v) is 3.39. The van der Waals surface area contributed by atoms with E-state index in [4.69, 9.17) is 11.6 Å². The third-order valence-corrected chi connectivity index (χ3v) is 4.78. The molecule has 3 heterocycles. The lowest BCUT2D eigenvalue weighted by Gasteiger charge is -2.28. The lowest BCUT2D eigenvalue weighted by Crippen LogP contribution is -2.29. The highest BCUT2D eigenvalue weighted by atomic mass is 35.5. The lowest BCUT2D eigenvalue weighted by molar-refractivity contribution is 0.578. The summed E-state index contributed by atoms with van der Waals surface area (Å²) in [6.45, 7) is 4.21. The maximum atomic E-state index is 6.08. The van der Waals surface area contributed by atoms with Gasteiger partial charge in [0.15, 0.2) is 5.82 Å². The molecular weight excluding hydrogens is 334 g/mol. The summed E-state index contributed by atoms with van der Waals surface area (Å²) < 4.78 is 1.86. The summed E-state index contributed by atoms with van der Waals surface area (Å²) in [5, 5.41) is 9.42. The molecule has 6 heteroatoms. The average Bonchev–Trinajstić information content (AvgIpc) is 2.96. The normalized spacial score (nSPS) is 15.4. The first kappa shape index (κ1) is 16.1. The number of aryl methyl sites for hydroxylation is 1. The maximum absolute atomic E-state index is 6.08. The largest absolute Gasteiger partial charge is 0.372 e. The first-order valence-electron chi connectivity index (χ1n) is 8.62. The molecule has 0 bridgehead atoms. The molecule has 1 aromatic carbocycles. The van der Waals surface area contributed by atoms with Crippen molar-refractivity contribution in [3.8, 4) is 0 Å². The van der Waals surface area contributed by atoms with Crippen LogP contribution in [0.25, 0.3) is 5.65 Å². The number of aromatic nitrogens is 2. The summed E-state index contributed by atoms with van der Waals surface area (Å²) in [6, 6.07) is 12.0. The number of hydrogen-bond acceptors (Lipinski definition) is 4. The molecule has 5 nitrogen and oxygen atoms in total. The zero-order chi connectivity index (χ0) is 17.2. The first-order chi connectivity index (χ1) is 12.2. The highest BCUT2D eigenvalue weighted by Crippen LogP contribution is 2.27. The topological polar surface area (TPSA) is 45.3 Å². The van der Waals surface area contributed by atoms with Crippen molar-refractivity contribution < 1.29 is 0 Å². The van der Waals surface area contributed by atoms with E-state index in [2.05, 4.69) is 32.2 Å². The van der Waals surface area contributed by atoms with Gasteiger partial charge < -0.3 is 4.90 Å². The van der Waals surface area contributed by atoms with E-state index >= 15 is 0 Å². The maximum Gasteiger partial charge on any atom is 0.182 e. The van der Waals surface area contributed by atoms with E-state index < -0.39 is 0 Å². The summed E-state index contributed by atoms with van der Waals surface area (Å²) in [5.41, 5.74) is 3.74. The van der Waals surface area contributed by atoms with Crippen LogP contribution in [0.15, 0.2) is 52.8 Å². The Morgan fingerprint density at radius 2 is 1.72 bits per heavy atom. The SMILES string of the molecule is Cc1nc2ccc(Cl)cn2c1N=Nc1ccc(N2CCCCC2)cc1. The molecule has 4 rings (SSSR count). The molecule has 0 spiro atoms. The zero-order valence-electron chi connectivity index (χ0n) is 14.2. The van der Waals surface area contributed by atoms with Gasteiger partial charge in [0.25, 0.3) is 0 Å². The van der Waals surface area contributed by atoms with E-state index in [0.29, 0.717) is 10.8 Å². The van der Waals surface area contributed by atoms with Gasteiger partial charge >= 0.3 is 0 Å². The summed E-state index contributed by atoms with van der Waals surface area (Å²) in [6.07, 6.45) is 5.70. The van der Waals surface area contributed by atoms with Gasteiger partial charge in [0.05, 0.1) is 16.4 Å². The van der Waals surface area contributed by atoms with Crippen molar-refractivity contribution in [2.45, 2.75) is 26.2 Å². The molecule has 0 aliphatic carbocycles. The van der Waals surface area contributed by atoms with Crippen LogP contribution in [0.1, 0.15) is 25.0 Å². The minimum absolute atomic E-state index is 0.646. The van der Waals surface area contributed by atoms with Crippen molar-refractivity contribution >= 4 is 34.4 Å². The first-order valence-corrected chi connectivity index (χ1v) is 8.99. The zero-order valence-corrected chi connectivity index (χ0v) is 14.9. The van der Waals surface area contributed by atoms with E-state index in [-0.39, 0.29) is 0 Å². The van der Waals surface area contributed by atoms with Crippen molar-refractivity contribution in [2.24, 2.45) is 10.2 Å². The number of hydrogen-bond donors (Lipinski definition) is 0. The van der Waals surface area contributed by atoms with Gasteiger partial charge in [0.2, 0.25) is 0 Å². The van der Waals surface area contributed by atoms with Crippen molar-refractivity contribution in [1.82, 2.24) is 9.38 Å². The third kappa shape index (κ3) is 3.37. The fraction of sp³-hybridized carbons (Fsp3) is 0.316. The summed E-state index contributed by atoms with van der Waals surface area (Å²) in [4.78, 5) is 6.92. The Hall–Kier alpha value is -2.40.